The van der Waals surface area contributed by atoms with Gasteiger partial charge in [0.05, 0.1) is 0 Å². The van der Waals surface area contributed by atoms with Gasteiger partial charge in [-0.15, -0.1) is 0 Å². The Labute approximate surface area is 59.2 Å². The van der Waals surface area contributed by atoms with Crippen molar-refractivity contribution in [3.8, 4) is 0 Å². The average Bonchev–Trinajstić information content (AvgIpc) is 1.63. The highest BCUT2D eigenvalue weighted by molar-refractivity contribution is 5.94. The van der Waals surface area contributed by atoms with Gasteiger partial charge >= 0.3 is 5.97 Å². The fourth-order valence-electron chi connectivity index (χ4n) is 0.536. The van der Waals surface area contributed by atoms with Crippen molar-refractivity contribution in [3.05, 3.63) is 0 Å². The van der Waals surface area contributed by atoms with Crippen molar-refractivity contribution >= 4 is 11.8 Å². The van der Waals surface area contributed by atoms with E-state index in [4.69, 9.17) is 5.11 Å². The molecule has 0 fully saturated rings. The van der Waals surface area contributed by atoms with Gasteiger partial charge in [-0.25, -0.2) is 0 Å². The number of aliphatic carboxylic acids is 1. The highest BCUT2D eigenvalue weighted by Gasteiger charge is 2.04. The van der Waals surface area contributed by atoms with Crippen LogP contribution in [0.4, 0.5) is 0 Å². The summed E-state index contributed by atoms with van der Waals surface area (Å²) < 4.78 is 0. The molecule has 10 heavy (non-hydrogen) atoms. The molecule has 0 saturated carbocycles. The molecule has 3 N–H and O–H groups in total. The van der Waals surface area contributed by atoms with Gasteiger partial charge in [-0.1, -0.05) is 6.92 Å². The molecule has 4 nitrogen and oxygen atoms in total. The minimum absolute atomic E-state index is 0. The number of rotatable bonds is 4. The van der Waals surface area contributed by atoms with E-state index < -0.39 is 5.97 Å². The quantitative estimate of drug-likeness (QED) is 0.569. The topological polar surface area (TPSA) is 85.9 Å². The Bertz CT molecular complexity index is 119. The normalized spacial score (nSPS) is 8.10. The van der Waals surface area contributed by atoms with Crippen LogP contribution in [0.15, 0.2) is 0 Å². The summed E-state index contributed by atoms with van der Waals surface area (Å²) in [5.41, 5.74) is 0. The Morgan fingerprint density at radius 3 is 2.20 bits per heavy atom. The Kier molecular flexibility index (Phi) is 7.37. The molecule has 4 heteroatoms. The van der Waals surface area contributed by atoms with Gasteiger partial charge in [-0.2, -0.15) is 0 Å². The molecule has 0 aromatic rings. The number of ketones is 1. The largest absolute Gasteiger partial charge is 0.481 e. The Balaban J connectivity index is 0. The summed E-state index contributed by atoms with van der Waals surface area (Å²) in [5, 5.41) is 8.09. The summed E-state index contributed by atoms with van der Waals surface area (Å²) in [4.78, 5) is 20.3. The van der Waals surface area contributed by atoms with Crippen molar-refractivity contribution < 1.29 is 20.2 Å². The molecule has 0 heterocycles. The van der Waals surface area contributed by atoms with Gasteiger partial charge in [0.1, 0.15) is 12.2 Å². The van der Waals surface area contributed by atoms with Crippen LogP contribution in [0.3, 0.4) is 0 Å². The first-order valence-corrected chi connectivity index (χ1v) is 2.90. The lowest BCUT2D eigenvalue weighted by Crippen LogP contribution is -2.05. The zero-order valence-corrected chi connectivity index (χ0v) is 5.89. The Hall–Kier alpha value is -0.900. The number of hydrogen-bond acceptors (Lipinski definition) is 2. The molecular formula is C6H12O4. The maximum atomic E-state index is 10.5. The number of carbonyl (C=O) groups is 2. The zero-order chi connectivity index (χ0) is 7.28. The van der Waals surface area contributed by atoms with E-state index >= 15 is 0 Å². The highest BCUT2D eigenvalue weighted by Crippen LogP contribution is 1.92. The summed E-state index contributed by atoms with van der Waals surface area (Å²) in [7, 11) is 0. The summed E-state index contributed by atoms with van der Waals surface area (Å²) in [6.07, 6.45) is 0.784. The first kappa shape index (κ1) is 11.8. The standard InChI is InChI=1S/C6H10O3.H2O/c1-2-3-5(7)4-6(8)9;/h2-4H2,1H3,(H,8,9);1H2. The van der Waals surface area contributed by atoms with Crippen LogP contribution in [-0.2, 0) is 9.59 Å². The Morgan fingerprint density at radius 2 is 1.90 bits per heavy atom. The predicted octanol–water partition coefficient (Wildman–Crippen LogP) is 0.00560. The second-order valence-electron chi connectivity index (χ2n) is 1.86. The smallest absolute Gasteiger partial charge is 0.310 e. The number of carboxylic acid groups (broad SMARTS) is 1. The van der Waals surface area contributed by atoms with E-state index in [1.54, 1.807) is 0 Å². The maximum absolute atomic E-state index is 10.5. The Morgan fingerprint density at radius 1 is 1.40 bits per heavy atom. The van der Waals surface area contributed by atoms with Gasteiger partial charge in [0.25, 0.3) is 0 Å². The van der Waals surface area contributed by atoms with Crippen molar-refractivity contribution in [2.24, 2.45) is 0 Å². The number of carboxylic acids is 1. The minimum Gasteiger partial charge on any atom is -0.481 e. The molecule has 0 aliphatic rings. The second-order valence-corrected chi connectivity index (χ2v) is 1.86. The van der Waals surface area contributed by atoms with E-state index in [1.807, 2.05) is 6.92 Å². The van der Waals surface area contributed by atoms with Crippen LogP contribution in [0.2, 0.25) is 0 Å². The third kappa shape index (κ3) is 7.10. The minimum atomic E-state index is -1.03. The fourth-order valence-corrected chi connectivity index (χ4v) is 0.536. The predicted molar refractivity (Wildman–Crippen MR) is 35.8 cm³/mol. The van der Waals surface area contributed by atoms with E-state index in [1.165, 1.54) is 0 Å². The lowest BCUT2D eigenvalue weighted by Gasteiger charge is -1.90. The molecular weight excluding hydrogens is 136 g/mol. The van der Waals surface area contributed by atoms with Gasteiger partial charge in [-0.3, -0.25) is 9.59 Å². The average molecular weight is 148 g/mol. The zero-order valence-electron chi connectivity index (χ0n) is 5.89. The van der Waals surface area contributed by atoms with Crippen molar-refractivity contribution in [2.75, 3.05) is 0 Å². The van der Waals surface area contributed by atoms with Crippen molar-refractivity contribution in [1.82, 2.24) is 0 Å². The molecule has 0 atom stereocenters. The molecule has 0 spiro atoms. The van der Waals surface area contributed by atoms with Gasteiger partial charge in [-0.05, 0) is 6.42 Å². The molecule has 0 aliphatic heterocycles. The highest BCUT2D eigenvalue weighted by atomic mass is 16.4. The molecule has 0 saturated heterocycles. The summed E-state index contributed by atoms with van der Waals surface area (Å²) in [6.45, 7) is 1.85. The second kappa shape index (κ2) is 6.22. The lowest BCUT2D eigenvalue weighted by atomic mass is 10.2. The van der Waals surface area contributed by atoms with Crippen LogP contribution in [-0.4, -0.2) is 22.3 Å². The summed E-state index contributed by atoms with van der Waals surface area (Å²) in [5.74, 6) is -1.22. The SMILES string of the molecule is CCCC(=O)CC(=O)O.O. The molecule has 0 radical (unpaired) electrons. The molecule has 0 rings (SSSR count). The van der Waals surface area contributed by atoms with Crippen LogP contribution in [0, 0.1) is 0 Å². The van der Waals surface area contributed by atoms with Crippen molar-refractivity contribution in [3.63, 3.8) is 0 Å². The maximum Gasteiger partial charge on any atom is 0.310 e. The fraction of sp³-hybridized carbons (Fsp3) is 0.667. The van der Waals surface area contributed by atoms with Crippen molar-refractivity contribution in [1.29, 1.82) is 0 Å². The first-order valence-electron chi connectivity index (χ1n) is 2.90. The van der Waals surface area contributed by atoms with Crippen LogP contribution in [0.5, 0.6) is 0 Å². The lowest BCUT2D eigenvalue weighted by molar-refractivity contribution is -0.140. The van der Waals surface area contributed by atoms with Crippen LogP contribution < -0.4 is 0 Å². The van der Waals surface area contributed by atoms with Gasteiger partial charge < -0.3 is 10.6 Å². The third-order valence-corrected chi connectivity index (χ3v) is 0.877. The molecule has 0 aromatic heterocycles. The molecule has 0 amide bonds. The molecule has 0 aromatic carbocycles. The van der Waals surface area contributed by atoms with E-state index in [2.05, 4.69) is 0 Å². The number of hydrogen-bond donors (Lipinski definition) is 1. The van der Waals surface area contributed by atoms with Crippen LogP contribution >= 0.6 is 0 Å². The monoisotopic (exact) mass is 148 g/mol. The van der Waals surface area contributed by atoms with E-state index in [9.17, 15) is 9.59 Å². The van der Waals surface area contributed by atoms with Gasteiger partial charge in [0.15, 0.2) is 0 Å². The summed E-state index contributed by atoms with van der Waals surface area (Å²) >= 11 is 0. The molecule has 0 aliphatic carbocycles. The molecule has 0 bridgehead atoms. The number of Topliss-reactive ketones (excluding diaryl/α,β-unsaturated/α-hetero) is 1. The van der Waals surface area contributed by atoms with E-state index in [0.29, 0.717) is 6.42 Å². The van der Waals surface area contributed by atoms with Crippen molar-refractivity contribution in [2.45, 2.75) is 26.2 Å². The van der Waals surface area contributed by atoms with Gasteiger partial charge in [0, 0.05) is 6.42 Å². The van der Waals surface area contributed by atoms with Gasteiger partial charge in [0.2, 0.25) is 0 Å². The third-order valence-electron chi connectivity index (χ3n) is 0.877. The van der Waals surface area contributed by atoms with E-state index in [-0.39, 0.29) is 17.7 Å². The molecule has 60 valence electrons. The van der Waals surface area contributed by atoms with Crippen LogP contribution in [0.1, 0.15) is 26.2 Å². The first-order chi connectivity index (χ1) is 4.16. The summed E-state index contributed by atoms with van der Waals surface area (Å²) in [6, 6.07) is 0. The van der Waals surface area contributed by atoms with Crippen LogP contribution in [0.25, 0.3) is 0 Å². The molecule has 0 unspecified atom stereocenters. The van der Waals surface area contributed by atoms with E-state index in [0.717, 1.165) is 6.42 Å². The number of carbonyl (C=O) groups excluding carboxylic acids is 1.